The number of hydrogen-bond donors (Lipinski definition) is 0. The van der Waals surface area contributed by atoms with Crippen LogP contribution < -0.4 is 0 Å². The Balaban J connectivity index is 1.66. The van der Waals surface area contributed by atoms with E-state index in [9.17, 15) is 0 Å². The van der Waals surface area contributed by atoms with Gasteiger partial charge < -0.3 is 0 Å². The van der Waals surface area contributed by atoms with Crippen LogP contribution in [-0.2, 0) is 0 Å². The van der Waals surface area contributed by atoms with Gasteiger partial charge in [-0.05, 0) is 74.5 Å². The molecule has 0 spiro atoms. The van der Waals surface area contributed by atoms with Gasteiger partial charge in [0.2, 0.25) is 0 Å². The van der Waals surface area contributed by atoms with Gasteiger partial charge >= 0.3 is 0 Å². The molecule has 4 fully saturated rings. The molecule has 4 aliphatic rings. The fraction of sp³-hybridized carbons (Fsp3) is 0.765. The summed E-state index contributed by atoms with van der Waals surface area (Å²) in [7, 11) is 0. The van der Waals surface area contributed by atoms with Gasteiger partial charge in [-0.1, -0.05) is 18.6 Å². The molecule has 17 heavy (non-hydrogen) atoms. The zero-order valence-corrected chi connectivity index (χ0v) is 10.7. The maximum Gasteiger partial charge on any atom is 0.0383 e. The number of hydrogen-bond acceptors (Lipinski definition) is 0. The van der Waals surface area contributed by atoms with E-state index in [1.807, 2.05) is 0 Å². The standard InChI is InChI=1S/C17H23/c1-3-13(4-2)5-6-17-10-14-7-15(11-17)9-16(8-14)12-17/h1-3,13-16H,5-12H2. The smallest absolute Gasteiger partial charge is 0.0383 e. The quantitative estimate of drug-likeness (QED) is 0.631. The Hall–Kier alpha value is -0.700. The fourth-order valence-corrected chi connectivity index (χ4v) is 5.29. The highest BCUT2D eigenvalue weighted by atomic mass is 14.5. The van der Waals surface area contributed by atoms with Crippen molar-refractivity contribution in [3.05, 3.63) is 12.7 Å². The first kappa shape index (κ1) is 11.4. The van der Waals surface area contributed by atoms with E-state index in [0.29, 0.717) is 5.41 Å². The first-order valence-electron chi connectivity index (χ1n) is 7.24. The molecule has 4 rings (SSSR count). The Morgan fingerprint density at radius 2 is 1.65 bits per heavy atom. The second-order valence-corrected chi connectivity index (χ2v) is 6.92. The largest absolute Gasteiger partial charge is 0.119 e. The van der Waals surface area contributed by atoms with Crippen molar-refractivity contribution < 1.29 is 0 Å². The van der Waals surface area contributed by atoms with Gasteiger partial charge in [0.25, 0.3) is 0 Å². The van der Waals surface area contributed by atoms with Crippen molar-refractivity contribution in [3.63, 3.8) is 0 Å². The Bertz CT molecular complexity index is 308. The number of terminal acetylenes is 1. The van der Waals surface area contributed by atoms with Crippen LogP contribution >= 0.6 is 0 Å². The molecule has 4 bridgehead atoms. The zero-order valence-electron chi connectivity index (χ0n) is 10.7. The van der Waals surface area contributed by atoms with Crippen LogP contribution in [0.5, 0.6) is 0 Å². The number of rotatable bonds is 4. The summed E-state index contributed by atoms with van der Waals surface area (Å²) < 4.78 is 0. The van der Waals surface area contributed by atoms with Gasteiger partial charge in [0.1, 0.15) is 0 Å². The van der Waals surface area contributed by atoms with E-state index in [4.69, 9.17) is 13.0 Å². The van der Waals surface area contributed by atoms with Crippen LogP contribution in [0.15, 0.2) is 6.08 Å². The van der Waals surface area contributed by atoms with Crippen molar-refractivity contribution in [2.45, 2.75) is 51.4 Å². The Kier molecular flexibility index (Phi) is 2.81. The molecule has 1 atom stereocenters. The highest BCUT2D eigenvalue weighted by Crippen LogP contribution is 2.61. The Labute approximate surface area is 106 Å². The van der Waals surface area contributed by atoms with Crippen LogP contribution in [-0.4, -0.2) is 0 Å². The lowest BCUT2D eigenvalue weighted by molar-refractivity contribution is -0.0587. The van der Waals surface area contributed by atoms with E-state index in [2.05, 4.69) is 5.92 Å². The SMILES string of the molecule is [CH]=CC(C#C)CCC12CC3CC(CC(C3)C1)C2. The normalized spacial score (nSPS) is 44.3. The van der Waals surface area contributed by atoms with Crippen molar-refractivity contribution >= 4 is 0 Å². The average Bonchev–Trinajstić information content (AvgIpc) is 2.28. The van der Waals surface area contributed by atoms with Crippen molar-refractivity contribution in [2.24, 2.45) is 29.1 Å². The predicted molar refractivity (Wildman–Crippen MR) is 71.0 cm³/mol. The molecule has 0 saturated heterocycles. The van der Waals surface area contributed by atoms with E-state index in [0.717, 1.165) is 24.2 Å². The van der Waals surface area contributed by atoms with Crippen molar-refractivity contribution in [1.29, 1.82) is 0 Å². The molecule has 0 aromatic carbocycles. The van der Waals surface area contributed by atoms with Crippen LogP contribution in [0.25, 0.3) is 0 Å². The molecule has 0 amide bonds. The molecule has 0 N–H and O–H groups in total. The van der Waals surface area contributed by atoms with E-state index in [1.54, 1.807) is 6.08 Å². The second-order valence-electron chi connectivity index (χ2n) is 6.92. The predicted octanol–water partition coefficient (Wildman–Crippen LogP) is 4.22. The van der Waals surface area contributed by atoms with Gasteiger partial charge in [0, 0.05) is 5.92 Å². The molecule has 0 nitrogen and oxygen atoms in total. The zero-order chi connectivity index (χ0) is 11.9. The molecular formula is C17H23. The molecule has 91 valence electrons. The summed E-state index contributed by atoms with van der Waals surface area (Å²) in [6, 6.07) is 0. The maximum atomic E-state index is 5.59. The van der Waals surface area contributed by atoms with Crippen molar-refractivity contribution in [3.8, 4) is 12.3 Å². The molecule has 0 aromatic rings. The first-order valence-corrected chi connectivity index (χ1v) is 7.24. The van der Waals surface area contributed by atoms with Gasteiger partial charge in [0.05, 0.1) is 0 Å². The van der Waals surface area contributed by atoms with E-state index in [-0.39, 0.29) is 5.92 Å². The third-order valence-electron chi connectivity index (χ3n) is 5.60. The average molecular weight is 227 g/mol. The third-order valence-corrected chi connectivity index (χ3v) is 5.60. The van der Waals surface area contributed by atoms with Crippen molar-refractivity contribution in [1.82, 2.24) is 0 Å². The summed E-state index contributed by atoms with van der Waals surface area (Å²) in [5.41, 5.74) is 0.660. The number of allylic oxidation sites excluding steroid dienone is 1. The van der Waals surface area contributed by atoms with E-state index >= 15 is 0 Å². The second kappa shape index (κ2) is 4.20. The molecule has 0 aliphatic heterocycles. The molecule has 0 heterocycles. The lowest BCUT2D eigenvalue weighted by atomic mass is 9.48. The van der Waals surface area contributed by atoms with Gasteiger partial charge in [-0.15, -0.1) is 6.42 Å². The Morgan fingerprint density at radius 3 is 2.06 bits per heavy atom. The lowest BCUT2D eigenvalue weighted by Crippen LogP contribution is -2.46. The van der Waals surface area contributed by atoms with Gasteiger partial charge in [-0.25, -0.2) is 0 Å². The maximum absolute atomic E-state index is 5.59. The van der Waals surface area contributed by atoms with E-state index < -0.39 is 0 Å². The van der Waals surface area contributed by atoms with Gasteiger partial charge in [-0.3, -0.25) is 0 Å². The third kappa shape index (κ3) is 2.05. The summed E-state index contributed by atoms with van der Waals surface area (Å²) in [6.07, 6.45) is 18.7. The molecule has 4 aliphatic carbocycles. The minimum Gasteiger partial charge on any atom is -0.119 e. The summed E-state index contributed by atoms with van der Waals surface area (Å²) in [5, 5.41) is 0. The van der Waals surface area contributed by atoms with Crippen LogP contribution in [0.3, 0.4) is 0 Å². The highest BCUT2D eigenvalue weighted by molar-refractivity contribution is 5.05. The van der Waals surface area contributed by atoms with Crippen LogP contribution in [0.2, 0.25) is 0 Å². The first-order chi connectivity index (χ1) is 8.23. The lowest BCUT2D eigenvalue weighted by Gasteiger charge is -2.57. The fourth-order valence-electron chi connectivity index (χ4n) is 5.29. The molecule has 1 unspecified atom stereocenters. The van der Waals surface area contributed by atoms with Crippen LogP contribution in [0, 0.1) is 48.0 Å². The van der Waals surface area contributed by atoms with Gasteiger partial charge in [0.15, 0.2) is 0 Å². The molecule has 1 radical (unpaired) electrons. The summed E-state index contributed by atoms with van der Waals surface area (Å²) in [6.45, 7) is 5.59. The van der Waals surface area contributed by atoms with Crippen LogP contribution in [0.1, 0.15) is 51.4 Å². The summed E-state index contributed by atoms with van der Waals surface area (Å²) >= 11 is 0. The Morgan fingerprint density at radius 1 is 1.12 bits per heavy atom. The molecule has 4 saturated carbocycles. The topological polar surface area (TPSA) is 0 Å². The summed E-state index contributed by atoms with van der Waals surface area (Å²) in [4.78, 5) is 0. The minimum atomic E-state index is 0.197. The van der Waals surface area contributed by atoms with Crippen molar-refractivity contribution in [2.75, 3.05) is 0 Å². The molecule has 0 heteroatoms. The monoisotopic (exact) mass is 227 g/mol. The molecule has 0 aromatic heterocycles. The highest BCUT2D eigenvalue weighted by Gasteiger charge is 2.50. The minimum absolute atomic E-state index is 0.197. The van der Waals surface area contributed by atoms with Gasteiger partial charge in [-0.2, -0.15) is 0 Å². The summed E-state index contributed by atoms with van der Waals surface area (Å²) in [5.74, 6) is 6.15. The van der Waals surface area contributed by atoms with Crippen LogP contribution in [0.4, 0.5) is 0 Å². The molecular weight excluding hydrogens is 204 g/mol. The van der Waals surface area contributed by atoms with E-state index in [1.165, 1.54) is 44.9 Å².